The molecule has 0 aliphatic carbocycles. The Balaban J connectivity index is 2.30. The van der Waals surface area contributed by atoms with Crippen LogP contribution >= 0.6 is 34.8 Å². The second kappa shape index (κ2) is 12.3. The summed E-state index contributed by atoms with van der Waals surface area (Å²) in [4.78, 5) is 27.9. The fourth-order valence-electron chi connectivity index (χ4n) is 3.30. The maximum absolute atomic E-state index is 13.3. The number of amides is 2. The van der Waals surface area contributed by atoms with Crippen LogP contribution in [0.15, 0.2) is 42.5 Å². The SMILES string of the molecule is CC[C@H](C)NC(=O)[C@H](CC)N(Cc1c(Cl)cccc1Cl)C(=O)CCc1ccccc1Cl. The normalized spacial score (nSPS) is 12.8. The summed E-state index contributed by atoms with van der Waals surface area (Å²) < 4.78 is 0. The Morgan fingerprint density at radius 2 is 1.55 bits per heavy atom. The van der Waals surface area contributed by atoms with Gasteiger partial charge in [0.1, 0.15) is 6.04 Å². The molecule has 0 bridgehead atoms. The van der Waals surface area contributed by atoms with E-state index in [1.54, 1.807) is 29.2 Å². The Hall–Kier alpha value is -1.75. The third-order valence-electron chi connectivity index (χ3n) is 5.34. The zero-order valence-corrected chi connectivity index (χ0v) is 20.4. The van der Waals surface area contributed by atoms with Crippen LogP contribution in [0.25, 0.3) is 0 Å². The van der Waals surface area contributed by atoms with Crippen molar-refractivity contribution in [3.05, 3.63) is 68.7 Å². The van der Waals surface area contributed by atoms with Crippen molar-refractivity contribution in [3.8, 4) is 0 Å². The Bertz CT molecular complexity index is 884. The van der Waals surface area contributed by atoms with Gasteiger partial charge in [-0.25, -0.2) is 0 Å². The molecule has 2 amide bonds. The van der Waals surface area contributed by atoms with Gasteiger partial charge in [0.05, 0.1) is 0 Å². The molecule has 2 aromatic carbocycles. The van der Waals surface area contributed by atoms with Crippen LogP contribution in [-0.2, 0) is 22.6 Å². The van der Waals surface area contributed by atoms with E-state index in [4.69, 9.17) is 34.8 Å². The second-order valence-corrected chi connectivity index (χ2v) is 8.78. The number of nitrogens with zero attached hydrogens (tertiary/aromatic N) is 1. The van der Waals surface area contributed by atoms with Gasteiger partial charge in [-0.1, -0.05) is 72.9 Å². The molecule has 0 radical (unpaired) electrons. The minimum atomic E-state index is -0.625. The lowest BCUT2D eigenvalue weighted by atomic mass is 10.1. The van der Waals surface area contributed by atoms with Gasteiger partial charge in [0.15, 0.2) is 0 Å². The van der Waals surface area contributed by atoms with Gasteiger partial charge >= 0.3 is 0 Å². The van der Waals surface area contributed by atoms with Crippen LogP contribution in [-0.4, -0.2) is 28.8 Å². The predicted molar refractivity (Wildman–Crippen MR) is 129 cm³/mol. The fraction of sp³-hybridized carbons (Fsp3) is 0.417. The van der Waals surface area contributed by atoms with E-state index in [2.05, 4.69) is 5.32 Å². The molecule has 0 saturated heterocycles. The molecule has 0 aromatic heterocycles. The van der Waals surface area contributed by atoms with E-state index >= 15 is 0 Å². The first-order chi connectivity index (χ1) is 14.8. The van der Waals surface area contributed by atoms with E-state index < -0.39 is 6.04 Å². The van der Waals surface area contributed by atoms with Crippen LogP contribution in [0, 0.1) is 0 Å². The van der Waals surface area contributed by atoms with Gasteiger partial charge in [-0.15, -0.1) is 0 Å². The van der Waals surface area contributed by atoms with E-state index in [1.165, 1.54) is 0 Å². The minimum Gasteiger partial charge on any atom is -0.352 e. The number of carbonyl (C=O) groups excluding carboxylic acids is 2. The molecule has 31 heavy (non-hydrogen) atoms. The van der Waals surface area contributed by atoms with Crippen LogP contribution in [0.4, 0.5) is 0 Å². The standard InChI is InChI=1S/C24H29Cl3N2O2/c1-4-16(3)28-24(31)22(5-2)29(15-18-20(26)11-8-12-21(18)27)23(30)14-13-17-9-6-7-10-19(17)25/h6-12,16,22H,4-5,13-15H2,1-3H3,(H,28,31)/t16-,22-/m0/s1. The monoisotopic (exact) mass is 482 g/mol. The summed E-state index contributed by atoms with van der Waals surface area (Å²) in [7, 11) is 0. The summed E-state index contributed by atoms with van der Waals surface area (Å²) in [5.74, 6) is -0.326. The number of benzene rings is 2. The molecule has 0 aliphatic heterocycles. The van der Waals surface area contributed by atoms with Crippen molar-refractivity contribution >= 4 is 46.6 Å². The van der Waals surface area contributed by atoms with Crippen LogP contribution < -0.4 is 5.32 Å². The zero-order valence-electron chi connectivity index (χ0n) is 18.1. The highest BCUT2D eigenvalue weighted by atomic mass is 35.5. The maximum atomic E-state index is 13.3. The van der Waals surface area contributed by atoms with Gasteiger partial charge in [0.25, 0.3) is 0 Å². The van der Waals surface area contributed by atoms with Gasteiger partial charge in [0, 0.05) is 39.6 Å². The molecule has 2 aromatic rings. The van der Waals surface area contributed by atoms with Crippen molar-refractivity contribution in [2.24, 2.45) is 0 Å². The Kier molecular flexibility index (Phi) is 10.1. The molecule has 0 heterocycles. The molecule has 0 unspecified atom stereocenters. The molecule has 0 saturated carbocycles. The van der Waals surface area contributed by atoms with Crippen molar-refractivity contribution in [2.75, 3.05) is 0 Å². The third-order valence-corrected chi connectivity index (χ3v) is 6.42. The lowest BCUT2D eigenvalue weighted by molar-refractivity contribution is -0.141. The van der Waals surface area contributed by atoms with Crippen LogP contribution in [0.2, 0.25) is 15.1 Å². The molecule has 2 rings (SSSR count). The number of hydrogen-bond donors (Lipinski definition) is 1. The van der Waals surface area contributed by atoms with Gasteiger partial charge in [0.2, 0.25) is 11.8 Å². The number of nitrogens with one attached hydrogen (secondary N) is 1. The average Bonchev–Trinajstić information content (AvgIpc) is 2.74. The summed E-state index contributed by atoms with van der Waals surface area (Å²) in [6.45, 7) is 6.00. The lowest BCUT2D eigenvalue weighted by Crippen LogP contribution is -2.50. The molecule has 2 atom stereocenters. The maximum Gasteiger partial charge on any atom is 0.243 e. The van der Waals surface area contributed by atoms with E-state index in [-0.39, 0.29) is 30.8 Å². The highest BCUT2D eigenvalue weighted by Gasteiger charge is 2.30. The summed E-state index contributed by atoms with van der Waals surface area (Å²) in [6.07, 6.45) is 1.98. The summed E-state index contributed by atoms with van der Waals surface area (Å²) in [5, 5.41) is 4.55. The first-order valence-electron chi connectivity index (χ1n) is 10.5. The number of halogens is 3. The summed E-state index contributed by atoms with van der Waals surface area (Å²) in [6, 6.07) is 12.1. The molecule has 0 aliphatic rings. The van der Waals surface area contributed by atoms with Gasteiger partial charge in [-0.3, -0.25) is 9.59 Å². The molecular weight excluding hydrogens is 455 g/mol. The van der Waals surface area contributed by atoms with Gasteiger partial charge in [-0.2, -0.15) is 0 Å². The first-order valence-corrected chi connectivity index (χ1v) is 11.7. The molecule has 168 valence electrons. The van der Waals surface area contributed by atoms with Crippen molar-refractivity contribution in [3.63, 3.8) is 0 Å². The molecule has 0 spiro atoms. The van der Waals surface area contributed by atoms with Gasteiger partial charge in [-0.05, 0) is 49.9 Å². The van der Waals surface area contributed by atoms with Crippen LogP contribution in [0.3, 0.4) is 0 Å². The highest BCUT2D eigenvalue weighted by molar-refractivity contribution is 6.36. The Morgan fingerprint density at radius 3 is 2.13 bits per heavy atom. The summed E-state index contributed by atoms with van der Waals surface area (Å²) in [5.41, 5.74) is 1.53. The average molecular weight is 484 g/mol. The van der Waals surface area contributed by atoms with Crippen molar-refractivity contribution < 1.29 is 9.59 Å². The van der Waals surface area contributed by atoms with E-state index in [9.17, 15) is 9.59 Å². The number of rotatable bonds is 10. The van der Waals surface area contributed by atoms with E-state index in [1.807, 2.05) is 39.0 Å². The van der Waals surface area contributed by atoms with Gasteiger partial charge < -0.3 is 10.2 Å². The quantitative estimate of drug-likeness (QED) is 0.431. The van der Waals surface area contributed by atoms with Crippen molar-refractivity contribution in [1.82, 2.24) is 10.2 Å². The fourth-order valence-corrected chi connectivity index (χ4v) is 4.05. The number of carbonyl (C=O) groups is 2. The third kappa shape index (κ3) is 7.13. The van der Waals surface area contributed by atoms with Crippen molar-refractivity contribution in [1.29, 1.82) is 0 Å². The number of hydrogen-bond acceptors (Lipinski definition) is 2. The Labute approximate surface area is 199 Å². The smallest absolute Gasteiger partial charge is 0.243 e. The zero-order chi connectivity index (χ0) is 23.0. The second-order valence-electron chi connectivity index (χ2n) is 7.56. The highest BCUT2D eigenvalue weighted by Crippen LogP contribution is 2.27. The lowest BCUT2D eigenvalue weighted by Gasteiger charge is -2.32. The largest absolute Gasteiger partial charge is 0.352 e. The topological polar surface area (TPSA) is 49.4 Å². The molecule has 7 heteroatoms. The molecule has 0 fully saturated rings. The Morgan fingerprint density at radius 1 is 0.935 bits per heavy atom. The van der Waals surface area contributed by atoms with E-state index in [0.29, 0.717) is 33.5 Å². The summed E-state index contributed by atoms with van der Waals surface area (Å²) >= 11 is 19.0. The number of aryl methyl sites for hydroxylation is 1. The van der Waals surface area contributed by atoms with Crippen LogP contribution in [0.5, 0.6) is 0 Å². The first kappa shape index (κ1) is 25.5. The van der Waals surface area contributed by atoms with Crippen molar-refractivity contribution in [2.45, 2.75) is 65.1 Å². The van der Waals surface area contributed by atoms with Crippen LogP contribution in [0.1, 0.15) is 51.2 Å². The van der Waals surface area contributed by atoms with E-state index in [0.717, 1.165) is 12.0 Å². The predicted octanol–water partition coefficient (Wildman–Crippen LogP) is 6.30. The minimum absolute atomic E-state index is 0.0190. The molecule has 1 N–H and O–H groups in total. The molecular formula is C24H29Cl3N2O2. The molecule has 4 nitrogen and oxygen atoms in total.